The zero-order valence-corrected chi connectivity index (χ0v) is 11.1. The first kappa shape index (κ1) is 13.1. The van der Waals surface area contributed by atoms with Crippen LogP contribution >= 0.6 is 0 Å². The molecular weight excluding hydrogens is 246 g/mol. The average Bonchev–Trinajstić information content (AvgIpc) is 2.93. The Hall–Kier alpha value is -2.37. The van der Waals surface area contributed by atoms with Crippen LogP contribution in [-0.2, 0) is 6.54 Å². The predicted octanol–water partition coefficient (Wildman–Crippen LogP) is 1.55. The molecule has 0 saturated heterocycles. The van der Waals surface area contributed by atoms with E-state index in [4.69, 9.17) is 9.47 Å². The second-order valence-electron chi connectivity index (χ2n) is 3.77. The molecule has 0 bridgehead atoms. The van der Waals surface area contributed by atoms with Crippen molar-refractivity contribution in [2.75, 3.05) is 14.2 Å². The molecule has 1 heterocycles. The molecule has 0 amide bonds. The van der Waals surface area contributed by atoms with Gasteiger partial charge in [0, 0.05) is 6.54 Å². The molecule has 19 heavy (non-hydrogen) atoms. The number of rotatable bonds is 5. The number of ether oxygens (including phenoxy) is 2. The van der Waals surface area contributed by atoms with Crippen LogP contribution in [0.15, 0.2) is 24.5 Å². The molecule has 0 atom stereocenters. The highest BCUT2D eigenvalue weighted by atomic mass is 16.5. The summed E-state index contributed by atoms with van der Waals surface area (Å²) in [6.07, 6.45) is 1.36. The highest BCUT2D eigenvalue weighted by Gasteiger charge is 2.21. The van der Waals surface area contributed by atoms with Crippen molar-refractivity contribution in [2.45, 2.75) is 13.5 Å². The van der Waals surface area contributed by atoms with Gasteiger partial charge in [-0.15, -0.1) is 0 Å². The molecule has 2 rings (SSSR count). The first-order valence-electron chi connectivity index (χ1n) is 5.86. The third-order valence-corrected chi connectivity index (χ3v) is 2.77. The van der Waals surface area contributed by atoms with E-state index < -0.39 is 0 Å². The maximum absolute atomic E-state index is 12.5. The van der Waals surface area contributed by atoms with Gasteiger partial charge in [0.15, 0.2) is 17.3 Å². The van der Waals surface area contributed by atoms with Gasteiger partial charge in [0.05, 0.1) is 19.8 Å². The number of nitrogens with zero attached hydrogens (tertiary/aromatic N) is 3. The van der Waals surface area contributed by atoms with Crippen molar-refractivity contribution in [1.82, 2.24) is 14.8 Å². The lowest BCUT2D eigenvalue weighted by Crippen LogP contribution is -2.13. The quantitative estimate of drug-likeness (QED) is 0.764. The van der Waals surface area contributed by atoms with Crippen molar-refractivity contribution in [3.8, 4) is 11.5 Å². The van der Waals surface area contributed by atoms with Gasteiger partial charge in [-0.25, -0.2) is 9.67 Å². The molecule has 0 radical (unpaired) electrons. The Kier molecular flexibility index (Phi) is 3.79. The molecule has 0 N–H and O–H groups in total. The standard InChI is InChI=1S/C13H15N3O3/c1-4-16-13(14-8-15-16)11(17)9-6-5-7-10(18-2)12(9)19-3/h5-8H,4H2,1-3H3. The van der Waals surface area contributed by atoms with Crippen molar-refractivity contribution in [3.63, 3.8) is 0 Å². The van der Waals surface area contributed by atoms with Gasteiger partial charge in [-0.1, -0.05) is 6.07 Å². The summed E-state index contributed by atoms with van der Waals surface area (Å²) in [5.74, 6) is 0.959. The molecular formula is C13H15N3O3. The molecule has 6 heteroatoms. The van der Waals surface area contributed by atoms with Gasteiger partial charge in [0.2, 0.25) is 5.78 Å². The molecule has 2 aromatic rings. The Bertz CT molecular complexity index is 593. The fourth-order valence-electron chi connectivity index (χ4n) is 1.86. The number of aryl methyl sites for hydroxylation is 1. The number of aromatic nitrogens is 3. The minimum atomic E-state index is -0.241. The van der Waals surface area contributed by atoms with Crippen LogP contribution in [0.25, 0.3) is 0 Å². The molecule has 0 saturated carbocycles. The average molecular weight is 261 g/mol. The SMILES string of the molecule is CCn1ncnc1C(=O)c1cccc(OC)c1OC. The van der Waals surface area contributed by atoms with Crippen molar-refractivity contribution in [2.24, 2.45) is 0 Å². The molecule has 0 spiro atoms. The molecule has 6 nitrogen and oxygen atoms in total. The van der Waals surface area contributed by atoms with Gasteiger partial charge in [-0.2, -0.15) is 5.10 Å². The van der Waals surface area contributed by atoms with E-state index in [0.717, 1.165) is 0 Å². The summed E-state index contributed by atoms with van der Waals surface area (Å²) in [6, 6.07) is 5.15. The van der Waals surface area contributed by atoms with E-state index in [9.17, 15) is 4.79 Å². The summed E-state index contributed by atoms with van der Waals surface area (Å²) in [5, 5.41) is 3.99. The second-order valence-corrected chi connectivity index (χ2v) is 3.77. The third kappa shape index (κ3) is 2.29. The van der Waals surface area contributed by atoms with E-state index in [2.05, 4.69) is 10.1 Å². The molecule has 100 valence electrons. The number of hydrogen-bond acceptors (Lipinski definition) is 5. The van der Waals surface area contributed by atoms with Gasteiger partial charge >= 0.3 is 0 Å². The van der Waals surface area contributed by atoms with Crippen molar-refractivity contribution in [1.29, 1.82) is 0 Å². The summed E-state index contributed by atoms with van der Waals surface area (Å²) in [5.41, 5.74) is 0.407. The lowest BCUT2D eigenvalue weighted by Gasteiger charge is -2.11. The Balaban J connectivity index is 2.50. The molecule has 0 unspecified atom stereocenters. The van der Waals surface area contributed by atoms with Crippen molar-refractivity contribution >= 4 is 5.78 Å². The smallest absolute Gasteiger partial charge is 0.233 e. The highest BCUT2D eigenvalue weighted by molar-refractivity contribution is 6.09. The number of methoxy groups -OCH3 is 2. The Morgan fingerprint density at radius 3 is 2.74 bits per heavy atom. The van der Waals surface area contributed by atoms with E-state index in [-0.39, 0.29) is 11.6 Å². The minimum absolute atomic E-state index is 0.241. The van der Waals surface area contributed by atoms with Crippen LogP contribution in [0.5, 0.6) is 11.5 Å². The second kappa shape index (κ2) is 5.51. The lowest BCUT2D eigenvalue weighted by molar-refractivity contribution is 0.102. The zero-order valence-electron chi connectivity index (χ0n) is 11.1. The van der Waals surface area contributed by atoms with E-state index in [1.807, 2.05) is 6.92 Å². The molecule has 0 fully saturated rings. The molecule has 1 aromatic heterocycles. The minimum Gasteiger partial charge on any atom is -0.493 e. The zero-order chi connectivity index (χ0) is 13.8. The number of hydrogen-bond donors (Lipinski definition) is 0. The van der Waals surface area contributed by atoms with Crippen LogP contribution in [0, 0.1) is 0 Å². The number of carbonyl (C=O) groups is 1. The van der Waals surface area contributed by atoms with E-state index in [1.54, 1.807) is 22.9 Å². The first-order chi connectivity index (χ1) is 9.22. The van der Waals surface area contributed by atoms with Crippen LogP contribution in [0.1, 0.15) is 23.1 Å². The molecule has 1 aromatic carbocycles. The summed E-state index contributed by atoms with van der Waals surface area (Å²) >= 11 is 0. The van der Waals surface area contributed by atoms with E-state index >= 15 is 0 Å². The number of ketones is 1. The molecule has 0 aliphatic rings. The Morgan fingerprint density at radius 1 is 1.32 bits per heavy atom. The maximum atomic E-state index is 12.5. The lowest BCUT2D eigenvalue weighted by atomic mass is 10.1. The summed E-state index contributed by atoms with van der Waals surface area (Å²) in [6.45, 7) is 2.47. The van der Waals surface area contributed by atoms with Crippen molar-refractivity contribution in [3.05, 3.63) is 35.9 Å². The van der Waals surface area contributed by atoms with Gasteiger partial charge in [-0.3, -0.25) is 4.79 Å². The van der Waals surface area contributed by atoms with Crippen LogP contribution in [0.3, 0.4) is 0 Å². The first-order valence-corrected chi connectivity index (χ1v) is 5.86. The number of carbonyl (C=O) groups excluding carboxylic acids is 1. The van der Waals surface area contributed by atoms with Crippen LogP contribution in [0.2, 0.25) is 0 Å². The van der Waals surface area contributed by atoms with Crippen LogP contribution in [0.4, 0.5) is 0 Å². The maximum Gasteiger partial charge on any atom is 0.233 e. The summed E-state index contributed by atoms with van der Waals surface area (Å²) in [4.78, 5) is 16.5. The topological polar surface area (TPSA) is 66.2 Å². The van der Waals surface area contributed by atoms with E-state index in [0.29, 0.717) is 23.6 Å². The predicted molar refractivity (Wildman–Crippen MR) is 68.7 cm³/mol. The molecule has 0 aliphatic heterocycles. The largest absolute Gasteiger partial charge is 0.493 e. The van der Waals surface area contributed by atoms with Gasteiger partial charge in [-0.05, 0) is 19.1 Å². The van der Waals surface area contributed by atoms with Gasteiger partial charge in [0.25, 0.3) is 0 Å². The summed E-state index contributed by atoms with van der Waals surface area (Å²) < 4.78 is 12.0. The fourth-order valence-corrected chi connectivity index (χ4v) is 1.86. The molecule has 0 aliphatic carbocycles. The van der Waals surface area contributed by atoms with Gasteiger partial charge in [0.1, 0.15) is 6.33 Å². The Labute approximate surface area is 111 Å². The number of para-hydroxylation sites is 1. The Morgan fingerprint density at radius 2 is 2.11 bits per heavy atom. The van der Waals surface area contributed by atoms with E-state index in [1.165, 1.54) is 20.5 Å². The normalized spacial score (nSPS) is 10.3. The van der Waals surface area contributed by atoms with Crippen LogP contribution < -0.4 is 9.47 Å². The summed E-state index contributed by atoms with van der Waals surface area (Å²) in [7, 11) is 3.03. The highest BCUT2D eigenvalue weighted by Crippen LogP contribution is 2.31. The van der Waals surface area contributed by atoms with Gasteiger partial charge < -0.3 is 9.47 Å². The van der Waals surface area contributed by atoms with Crippen molar-refractivity contribution < 1.29 is 14.3 Å². The third-order valence-electron chi connectivity index (χ3n) is 2.77. The van der Waals surface area contributed by atoms with Crippen LogP contribution in [-0.4, -0.2) is 34.8 Å². The fraction of sp³-hybridized carbons (Fsp3) is 0.308. The number of benzene rings is 1. The monoisotopic (exact) mass is 261 g/mol.